The number of ether oxygens (including phenoxy) is 1. The maximum Gasteiger partial charge on any atom is 0.312 e. The van der Waals surface area contributed by atoms with E-state index in [1.807, 2.05) is 12.3 Å². The second kappa shape index (κ2) is 7.54. The van der Waals surface area contributed by atoms with Gasteiger partial charge in [0.25, 0.3) is 5.91 Å². The van der Waals surface area contributed by atoms with E-state index in [0.29, 0.717) is 11.6 Å². The number of hydrogen-bond donors (Lipinski definition) is 1. The van der Waals surface area contributed by atoms with Gasteiger partial charge < -0.3 is 10.1 Å². The van der Waals surface area contributed by atoms with E-state index in [1.165, 1.54) is 17.8 Å². The van der Waals surface area contributed by atoms with Crippen molar-refractivity contribution in [3.05, 3.63) is 16.1 Å². The monoisotopic (exact) mass is 310 g/mol. The minimum atomic E-state index is -0.410. The van der Waals surface area contributed by atoms with E-state index < -0.39 is 5.97 Å². The highest BCUT2D eigenvalue weighted by atomic mass is 32.1. The molecule has 0 aliphatic heterocycles. The summed E-state index contributed by atoms with van der Waals surface area (Å²) in [6, 6.07) is 0.214. The summed E-state index contributed by atoms with van der Waals surface area (Å²) < 4.78 is 5.01. The van der Waals surface area contributed by atoms with Gasteiger partial charge >= 0.3 is 5.97 Å². The third kappa shape index (κ3) is 5.12. The van der Waals surface area contributed by atoms with Crippen LogP contribution in [0.3, 0.4) is 0 Å². The van der Waals surface area contributed by atoms with Crippen molar-refractivity contribution in [2.45, 2.75) is 52.0 Å². The average Bonchev–Trinajstić information content (AvgIpc) is 2.84. The summed E-state index contributed by atoms with van der Waals surface area (Å²) in [7, 11) is 0. The van der Waals surface area contributed by atoms with Crippen molar-refractivity contribution in [1.82, 2.24) is 10.3 Å². The van der Waals surface area contributed by atoms with E-state index in [4.69, 9.17) is 4.74 Å². The molecule has 1 fully saturated rings. The van der Waals surface area contributed by atoms with E-state index in [9.17, 15) is 9.59 Å². The Morgan fingerprint density at radius 3 is 2.86 bits per heavy atom. The van der Waals surface area contributed by atoms with Crippen LogP contribution in [0.1, 0.15) is 43.3 Å². The van der Waals surface area contributed by atoms with Crippen LogP contribution in [0.4, 0.5) is 0 Å². The zero-order valence-corrected chi connectivity index (χ0v) is 13.4. The Hall–Kier alpha value is -1.43. The molecule has 21 heavy (non-hydrogen) atoms. The number of nitrogens with zero attached hydrogens (tertiary/aromatic N) is 1. The smallest absolute Gasteiger partial charge is 0.312 e. The van der Waals surface area contributed by atoms with Crippen LogP contribution in [-0.2, 0) is 20.7 Å². The van der Waals surface area contributed by atoms with Gasteiger partial charge in [0.05, 0.1) is 17.1 Å². The molecule has 6 heteroatoms. The van der Waals surface area contributed by atoms with Crippen LogP contribution < -0.4 is 5.32 Å². The number of carbonyl (C=O) groups excluding carboxylic acids is 2. The number of aryl methyl sites for hydroxylation is 1. The SMILES string of the molecule is Cc1nc(CC(=O)OCC(=O)N[C@H]2CCCC[C@H]2C)cs1. The number of thiazole rings is 1. The van der Waals surface area contributed by atoms with Gasteiger partial charge in [-0.05, 0) is 25.7 Å². The molecule has 2 atom stereocenters. The molecule has 0 unspecified atom stereocenters. The van der Waals surface area contributed by atoms with Crippen molar-refractivity contribution in [3.63, 3.8) is 0 Å². The normalized spacial score (nSPS) is 21.8. The molecule has 1 aliphatic rings. The van der Waals surface area contributed by atoms with Crippen LogP contribution in [0.15, 0.2) is 5.38 Å². The lowest BCUT2D eigenvalue weighted by atomic mass is 9.86. The molecule has 1 aliphatic carbocycles. The fraction of sp³-hybridized carbons (Fsp3) is 0.667. The van der Waals surface area contributed by atoms with Crippen molar-refractivity contribution in [2.75, 3.05) is 6.61 Å². The maximum absolute atomic E-state index is 11.8. The molecule has 1 saturated carbocycles. The number of hydrogen-bond acceptors (Lipinski definition) is 5. The molecule has 2 rings (SSSR count). The minimum absolute atomic E-state index is 0.122. The molecule has 0 spiro atoms. The first-order valence-corrected chi connectivity index (χ1v) is 8.28. The van der Waals surface area contributed by atoms with Crippen LogP contribution in [0, 0.1) is 12.8 Å². The summed E-state index contributed by atoms with van der Waals surface area (Å²) in [6.45, 7) is 3.84. The number of rotatable bonds is 5. The highest BCUT2D eigenvalue weighted by Gasteiger charge is 2.23. The number of aromatic nitrogens is 1. The molecular formula is C15H22N2O3S. The first-order valence-electron chi connectivity index (χ1n) is 7.40. The Morgan fingerprint density at radius 2 is 2.19 bits per heavy atom. The van der Waals surface area contributed by atoms with E-state index in [1.54, 1.807) is 0 Å². The van der Waals surface area contributed by atoms with Crippen LogP contribution in [0.2, 0.25) is 0 Å². The topological polar surface area (TPSA) is 68.3 Å². The van der Waals surface area contributed by atoms with Crippen molar-refractivity contribution in [3.8, 4) is 0 Å². The molecule has 0 saturated heterocycles. The first-order chi connectivity index (χ1) is 10.0. The van der Waals surface area contributed by atoms with Gasteiger partial charge in [0, 0.05) is 11.4 Å². The van der Waals surface area contributed by atoms with Crippen LogP contribution >= 0.6 is 11.3 Å². The van der Waals surface area contributed by atoms with Crippen LogP contribution in [0.5, 0.6) is 0 Å². The largest absolute Gasteiger partial charge is 0.455 e. The predicted octanol–water partition coefficient (Wildman–Crippen LogP) is 2.23. The summed E-state index contributed by atoms with van der Waals surface area (Å²) >= 11 is 1.50. The van der Waals surface area contributed by atoms with Crippen molar-refractivity contribution < 1.29 is 14.3 Å². The van der Waals surface area contributed by atoms with Gasteiger partial charge in [-0.25, -0.2) is 4.98 Å². The van der Waals surface area contributed by atoms with Gasteiger partial charge in [-0.2, -0.15) is 0 Å². The van der Waals surface area contributed by atoms with Gasteiger partial charge in [-0.3, -0.25) is 9.59 Å². The van der Waals surface area contributed by atoms with E-state index in [-0.39, 0.29) is 25.0 Å². The molecule has 1 aromatic rings. The van der Waals surface area contributed by atoms with Gasteiger partial charge in [-0.15, -0.1) is 11.3 Å². The molecular weight excluding hydrogens is 288 g/mol. The van der Waals surface area contributed by atoms with Crippen molar-refractivity contribution in [1.29, 1.82) is 0 Å². The fourth-order valence-electron chi connectivity index (χ4n) is 2.61. The highest BCUT2D eigenvalue weighted by Crippen LogP contribution is 2.23. The van der Waals surface area contributed by atoms with Gasteiger partial charge in [0.2, 0.25) is 0 Å². The quantitative estimate of drug-likeness (QED) is 0.847. The Morgan fingerprint density at radius 1 is 1.43 bits per heavy atom. The summed E-state index contributed by atoms with van der Waals surface area (Å²) in [5, 5.41) is 5.71. The number of esters is 1. The molecule has 0 radical (unpaired) electrons. The summed E-state index contributed by atoms with van der Waals surface area (Å²) in [5.74, 6) is -0.125. The Balaban J connectivity index is 1.69. The standard InChI is InChI=1S/C15H22N2O3S/c1-10-5-3-4-6-13(10)17-14(18)8-20-15(19)7-12-9-21-11(2)16-12/h9-10,13H,3-8H2,1-2H3,(H,17,18)/t10-,13+/m1/s1. The van der Waals surface area contributed by atoms with Crippen LogP contribution in [-0.4, -0.2) is 29.5 Å². The minimum Gasteiger partial charge on any atom is -0.455 e. The third-order valence-corrected chi connectivity index (χ3v) is 4.64. The lowest BCUT2D eigenvalue weighted by Crippen LogP contribution is -2.42. The predicted molar refractivity (Wildman–Crippen MR) is 81.1 cm³/mol. The third-order valence-electron chi connectivity index (χ3n) is 3.81. The number of amides is 1. The van der Waals surface area contributed by atoms with Crippen molar-refractivity contribution >= 4 is 23.2 Å². The number of nitrogens with one attached hydrogen (secondary N) is 1. The molecule has 116 valence electrons. The number of carbonyl (C=O) groups is 2. The molecule has 1 heterocycles. The lowest BCUT2D eigenvalue weighted by Gasteiger charge is -2.29. The Kier molecular flexibility index (Phi) is 5.73. The highest BCUT2D eigenvalue weighted by molar-refractivity contribution is 7.09. The molecule has 0 aromatic carbocycles. The zero-order chi connectivity index (χ0) is 15.2. The van der Waals surface area contributed by atoms with Crippen molar-refractivity contribution in [2.24, 2.45) is 5.92 Å². The van der Waals surface area contributed by atoms with Crippen LogP contribution in [0.25, 0.3) is 0 Å². The van der Waals surface area contributed by atoms with E-state index >= 15 is 0 Å². The Labute approximate surface area is 129 Å². The zero-order valence-electron chi connectivity index (χ0n) is 12.6. The molecule has 0 bridgehead atoms. The van der Waals surface area contributed by atoms with E-state index in [2.05, 4.69) is 17.2 Å². The molecule has 5 nitrogen and oxygen atoms in total. The lowest BCUT2D eigenvalue weighted by molar-refractivity contribution is -0.148. The van der Waals surface area contributed by atoms with Gasteiger partial charge in [-0.1, -0.05) is 19.8 Å². The summed E-state index contributed by atoms with van der Waals surface area (Å²) in [4.78, 5) is 27.7. The summed E-state index contributed by atoms with van der Waals surface area (Å²) in [6.07, 6.45) is 4.66. The summed E-state index contributed by atoms with van der Waals surface area (Å²) in [5.41, 5.74) is 0.698. The van der Waals surface area contributed by atoms with Gasteiger partial charge in [0.1, 0.15) is 0 Å². The fourth-order valence-corrected chi connectivity index (χ4v) is 3.23. The molecule has 1 aromatic heterocycles. The second-order valence-corrected chi connectivity index (χ2v) is 6.69. The Bertz CT molecular complexity index is 501. The average molecular weight is 310 g/mol. The first kappa shape index (κ1) is 15.9. The van der Waals surface area contributed by atoms with E-state index in [0.717, 1.165) is 24.3 Å². The second-order valence-electron chi connectivity index (χ2n) is 5.63. The van der Waals surface area contributed by atoms with Gasteiger partial charge in [0.15, 0.2) is 6.61 Å². The molecule has 1 N–H and O–H groups in total. The molecule has 1 amide bonds. The maximum atomic E-state index is 11.8.